The number of H-pyrrole nitrogens is 1. The van der Waals surface area contributed by atoms with Gasteiger partial charge in [-0.05, 0) is 50.1 Å². The van der Waals surface area contributed by atoms with Gasteiger partial charge in [-0.15, -0.1) is 0 Å². The first-order chi connectivity index (χ1) is 17.5. The number of β-amino-alcohol motifs (C(OH)–C–C–N with tert-alkyl or cyclic N) is 1. The predicted molar refractivity (Wildman–Crippen MR) is 134 cm³/mol. The van der Waals surface area contributed by atoms with Crippen LogP contribution in [0.4, 0.5) is 14.0 Å². The second-order valence-corrected chi connectivity index (χ2v) is 10.2. The fraction of sp³-hybridized carbons (Fsp3) is 0.407. The number of nitrogens with zero attached hydrogens (tertiary/aromatic N) is 1. The summed E-state index contributed by atoms with van der Waals surface area (Å²) >= 11 is 0. The molecule has 2 amide bonds. The maximum Gasteiger partial charge on any atom is 0.410 e. The molecule has 198 valence electrons. The molecule has 1 aromatic heterocycles. The van der Waals surface area contributed by atoms with Gasteiger partial charge in [-0.3, -0.25) is 4.90 Å². The molecule has 0 radical (unpaired) electrons. The zero-order chi connectivity index (χ0) is 26.7. The number of carbonyl (C=O) groups is 2. The largest absolute Gasteiger partial charge is 0.445 e. The smallest absolute Gasteiger partial charge is 0.410 e. The molecule has 10 heteroatoms. The quantitative estimate of drug-likeness (QED) is 0.399. The number of halogens is 1. The maximum absolute atomic E-state index is 13.8. The van der Waals surface area contributed by atoms with E-state index in [9.17, 15) is 24.2 Å². The monoisotopic (exact) mass is 513 g/mol. The van der Waals surface area contributed by atoms with Gasteiger partial charge in [-0.25, -0.2) is 14.0 Å². The Labute approximate surface area is 214 Å². The number of aromatic nitrogens is 1. The molecule has 0 spiro atoms. The zero-order valence-corrected chi connectivity index (χ0v) is 21.0. The van der Waals surface area contributed by atoms with E-state index < -0.39 is 47.8 Å². The van der Waals surface area contributed by atoms with Crippen LogP contribution in [0.1, 0.15) is 37.8 Å². The van der Waals surface area contributed by atoms with E-state index in [1.165, 1.54) is 17.0 Å². The summed E-state index contributed by atoms with van der Waals surface area (Å²) in [6.45, 7) is 5.05. The number of rotatable bonds is 6. The standard InChI is InChI=1S/C27H32FN3O6/c1-27(2,3)37-26(35)31-14-22(32)24(33)23(31)20(19-12-29-21-11-17(28)9-10-18(19)21)13-30-25(34)36-15-16-7-5-4-6-8-16/h4-12,20,22-24,29,32-33H,13-15H2,1-3H3,(H,30,34)/t20-,22+,23+,24-/m0/s1. The molecular formula is C27H32FN3O6. The van der Waals surface area contributed by atoms with Crippen LogP contribution in [-0.2, 0) is 16.1 Å². The number of hydrogen-bond acceptors (Lipinski definition) is 6. The van der Waals surface area contributed by atoms with Gasteiger partial charge >= 0.3 is 12.2 Å². The van der Waals surface area contributed by atoms with Crippen molar-refractivity contribution in [1.82, 2.24) is 15.2 Å². The summed E-state index contributed by atoms with van der Waals surface area (Å²) in [5, 5.41) is 24.8. The molecule has 1 fully saturated rings. The Kier molecular flexibility index (Phi) is 7.70. The van der Waals surface area contributed by atoms with Gasteiger partial charge < -0.3 is 30.0 Å². The lowest BCUT2D eigenvalue weighted by Gasteiger charge is -2.34. The molecule has 4 rings (SSSR count). The molecule has 2 aromatic carbocycles. The number of fused-ring (bicyclic) bond motifs is 1. The molecule has 2 heterocycles. The third-order valence-electron chi connectivity index (χ3n) is 6.28. The van der Waals surface area contributed by atoms with Gasteiger partial charge in [-0.2, -0.15) is 0 Å². The van der Waals surface area contributed by atoms with E-state index in [1.807, 2.05) is 30.3 Å². The average molecular weight is 514 g/mol. The van der Waals surface area contributed by atoms with Crippen LogP contribution in [0.2, 0.25) is 0 Å². The number of alkyl carbamates (subject to hydrolysis) is 1. The number of ether oxygens (including phenoxy) is 2. The Morgan fingerprint density at radius 2 is 1.92 bits per heavy atom. The molecule has 37 heavy (non-hydrogen) atoms. The summed E-state index contributed by atoms with van der Waals surface area (Å²) in [6.07, 6.45) is -2.26. The van der Waals surface area contributed by atoms with E-state index in [2.05, 4.69) is 10.3 Å². The van der Waals surface area contributed by atoms with Crippen molar-refractivity contribution >= 4 is 23.1 Å². The molecule has 1 saturated heterocycles. The third-order valence-corrected chi connectivity index (χ3v) is 6.28. The van der Waals surface area contributed by atoms with Gasteiger partial charge in [-0.1, -0.05) is 30.3 Å². The van der Waals surface area contributed by atoms with Crippen molar-refractivity contribution in [3.63, 3.8) is 0 Å². The number of carbonyl (C=O) groups excluding carboxylic acids is 2. The molecule has 9 nitrogen and oxygen atoms in total. The van der Waals surface area contributed by atoms with Gasteiger partial charge in [0.1, 0.15) is 24.1 Å². The Morgan fingerprint density at radius 1 is 1.19 bits per heavy atom. The molecule has 4 atom stereocenters. The van der Waals surface area contributed by atoms with Crippen molar-refractivity contribution in [2.75, 3.05) is 13.1 Å². The molecule has 3 aromatic rings. The number of aliphatic hydroxyl groups is 2. The molecule has 0 aliphatic carbocycles. The summed E-state index contributed by atoms with van der Waals surface area (Å²) in [4.78, 5) is 29.9. The van der Waals surface area contributed by atoms with Crippen LogP contribution in [-0.4, -0.2) is 69.2 Å². The molecule has 1 aliphatic heterocycles. The Bertz CT molecular complexity index is 1240. The van der Waals surface area contributed by atoms with Gasteiger partial charge in [0.15, 0.2) is 0 Å². The first-order valence-corrected chi connectivity index (χ1v) is 12.1. The van der Waals surface area contributed by atoms with Crippen LogP contribution in [0.15, 0.2) is 54.7 Å². The first kappa shape index (κ1) is 26.4. The van der Waals surface area contributed by atoms with Crippen LogP contribution in [0.25, 0.3) is 10.9 Å². The highest BCUT2D eigenvalue weighted by atomic mass is 19.1. The van der Waals surface area contributed by atoms with Crippen LogP contribution < -0.4 is 5.32 Å². The lowest BCUT2D eigenvalue weighted by atomic mass is 9.87. The van der Waals surface area contributed by atoms with Crippen LogP contribution in [0.3, 0.4) is 0 Å². The van der Waals surface area contributed by atoms with E-state index >= 15 is 0 Å². The predicted octanol–water partition coefficient (Wildman–Crippen LogP) is 3.66. The lowest BCUT2D eigenvalue weighted by molar-refractivity contribution is 0.00863. The maximum atomic E-state index is 13.8. The van der Waals surface area contributed by atoms with Crippen molar-refractivity contribution in [2.45, 2.75) is 57.1 Å². The number of likely N-dealkylation sites (tertiary alicyclic amines) is 1. The average Bonchev–Trinajstić information content (AvgIpc) is 3.38. The number of aromatic amines is 1. The van der Waals surface area contributed by atoms with Crippen LogP contribution >= 0.6 is 0 Å². The van der Waals surface area contributed by atoms with Crippen LogP contribution in [0, 0.1) is 5.82 Å². The van der Waals surface area contributed by atoms with Crippen molar-refractivity contribution in [3.05, 3.63) is 71.7 Å². The van der Waals surface area contributed by atoms with Crippen molar-refractivity contribution < 1.29 is 33.7 Å². The highest BCUT2D eigenvalue weighted by Gasteiger charge is 2.48. The summed E-state index contributed by atoms with van der Waals surface area (Å²) in [5.74, 6) is -1.12. The third kappa shape index (κ3) is 6.20. The molecule has 4 N–H and O–H groups in total. The second-order valence-electron chi connectivity index (χ2n) is 10.2. The molecule has 0 saturated carbocycles. The summed E-state index contributed by atoms with van der Waals surface area (Å²) in [6, 6.07) is 12.5. The zero-order valence-electron chi connectivity index (χ0n) is 21.0. The topological polar surface area (TPSA) is 124 Å². The van der Waals surface area contributed by atoms with Gasteiger partial charge in [0, 0.05) is 29.6 Å². The van der Waals surface area contributed by atoms with E-state index in [0.717, 1.165) is 5.56 Å². The minimum Gasteiger partial charge on any atom is -0.445 e. The van der Waals surface area contributed by atoms with Crippen molar-refractivity contribution in [1.29, 1.82) is 0 Å². The molecule has 1 aliphatic rings. The van der Waals surface area contributed by atoms with Gasteiger partial charge in [0.25, 0.3) is 0 Å². The lowest BCUT2D eigenvalue weighted by Crippen LogP contribution is -2.48. The van der Waals surface area contributed by atoms with E-state index in [1.54, 1.807) is 33.0 Å². The second kappa shape index (κ2) is 10.8. The Morgan fingerprint density at radius 3 is 2.62 bits per heavy atom. The minimum absolute atomic E-state index is 0.0360. The molecular weight excluding hydrogens is 481 g/mol. The Balaban J connectivity index is 1.61. The number of nitrogens with one attached hydrogen (secondary N) is 2. The normalized spacial score (nSPS) is 20.6. The minimum atomic E-state index is -1.31. The van der Waals surface area contributed by atoms with Gasteiger partial charge in [0.05, 0.1) is 18.7 Å². The number of hydrogen-bond donors (Lipinski definition) is 4. The summed E-state index contributed by atoms with van der Waals surface area (Å²) < 4.78 is 24.7. The van der Waals surface area contributed by atoms with Crippen molar-refractivity contribution in [3.8, 4) is 0 Å². The van der Waals surface area contributed by atoms with E-state index in [0.29, 0.717) is 16.5 Å². The highest BCUT2D eigenvalue weighted by molar-refractivity contribution is 5.84. The number of aliphatic hydroxyl groups excluding tert-OH is 2. The Hall–Kier alpha value is -3.63. The molecule has 0 unspecified atom stereocenters. The van der Waals surface area contributed by atoms with Crippen molar-refractivity contribution in [2.24, 2.45) is 0 Å². The SMILES string of the molecule is CC(C)(C)OC(=O)N1C[C@@H](O)[C@H](O)[C@H]1[C@@H](CNC(=O)OCc1ccccc1)c1c[nH]c2cc(F)ccc12. The summed E-state index contributed by atoms with van der Waals surface area (Å²) in [5.41, 5.74) is 1.17. The fourth-order valence-electron chi connectivity index (χ4n) is 4.63. The molecule has 0 bridgehead atoms. The van der Waals surface area contributed by atoms with Crippen LogP contribution in [0.5, 0.6) is 0 Å². The van der Waals surface area contributed by atoms with Gasteiger partial charge in [0.2, 0.25) is 0 Å². The summed E-state index contributed by atoms with van der Waals surface area (Å²) in [7, 11) is 0. The van der Waals surface area contributed by atoms with E-state index in [-0.39, 0.29) is 19.7 Å². The number of benzene rings is 2. The number of amides is 2. The fourth-order valence-corrected chi connectivity index (χ4v) is 4.63. The highest BCUT2D eigenvalue weighted by Crippen LogP contribution is 2.36. The first-order valence-electron chi connectivity index (χ1n) is 12.1. The van der Waals surface area contributed by atoms with E-state index in [4.69, 9.17) is 9.47 Å².